The van der Waals surface area contributed by atoms with Crippen LogP contribution in [0.5, 0.6) is 0 Å². The third-order valence-electron chi connectivity index (χ3n) is 3.43. The lowest BCUT2D eigenvalue weighted by atomic mass is 10.1. The van der Waals surface area contributed by atoms with Crippen LogP contribution in [-0.2, 0) is 9.53 Å². The SMILES string of the molecule is COC(=O)/C(CC(=O)c1ccccc1)=N/N=C(\C)c1ccc(Cl)cc1. The first-order valence-corrected chi connectivity index (χ1v) is 7.92. The zero-order chi connectivity index (χ0) is 18.2. The minimum Gasteiger partial charge on any atom is -0.464 e. The highest BCUT2D eigenvalue weighted by molar-refractivity contribution is 6.40. The maximum absolute atomic E-state index is 12.3. The summed E-state index contributed by atoms with van der Waals surface area (Å²) in [6.45, 7) is 1.75. The number of Topliss-reactive ketones (excluding diaryl/α,β-unsaturated/α-hetero) is 1. The number of esters is 1. The first-order chi connectivity index (χ1) is 12.0. The van der Waals surface area contributed by atoms with Gasteiger partial charge < -0.3 is 4.74 Å². The lowest BCUT2D eigenvalue weighted by Crippen LogP contribution is -2.19. The molecule has 0 radical (unpaired) electrons. The van der Waals surface area contributed by atoms with Crippen LogP contribution < -0.4 is 0 Å². The topological polar surface area (TPSA) is 68.1 Å². The Hall–Kier alpha value is -2.79. The van der Waals surface area contributed by atoms with E-state index in [4.69, 9.17) is 16.3 Å². The number of hydrogen-bond donors (Lipinski definition) is 0. The molecule has 25 heavy (non-hydrogen) atoms. The summed E-state index contributed by atoms with van der Waals surface area (Å²) in [5.41, 5.74) is 1.85. The molecule has 2 aromatic rings. The number of ketones is 1. The van der Waals surface area contributed by atoms with Gasteiger partial charge in [0.05, 0.1) is 19.2 Å². The number of carbonyl (C=O) groups is 2. The largest absolute Gasteiger partial charge is 0.464 e. The molecule has 0 saturated carbocycles. The number of ether oxygens (including phenoxy) is 1. The second-order valence-electron chi connectivity index (χ2n) is 5.20. The summed E-state index contributed by atoms with van der Waals surface area (Å²) < 4.78 is 4.69. The van der Waals surface area contributed by atoms with E-state index in [1.54, 1.807) is 55.5 Å². The predicted molar refractivity (Wildman–Crippen MR) is 98.5 cm³/mol. The van der Waals surface area contributed by atoms with Crippen LogP contribution in [0.15, 0.2) is 64.8 Å². The molecule has 2 aromatic carbocycles. The molecule has 0 aromatic heterocycles. The normalized spacial score (nSPS) is 12.0. The molecule has 0 spiro atoms. The molecule has 0 aliphatic heterocycles. The van der Waals surface area contributed by atoms with E-state index >= 15 is 0 Å². The molecule has 5 nitrogen and oxygen atoms in total. The number of rotatable bonds is 6. The predicted octanol–water partition coefficient (Wildman–Crippen LogP) is 3.95. The summed E-state index contributed by atoms with van der Waals surface area (Å²) in [5.74, 6) is -0.916. The minimum atomic E-state index is -0.683. The molecule has 0 saturated heterocycles. The fourth-order valence-corrected chi connectivity index (χ4v) is 2.15. The van der Waals surface area contributed by atoms with Crippen LogP contribution in [-0.4, -0.2) is 30.3 Å². The number of carbonyl (C=O) groups excluding carboxylic acids is 2. The molecule has 0 amide bonds. The Balaban J connectivity index is 2.23. The molecular weight excluding hydrogens is 340 g/mol. The number of benzene rings is 2. The Morgan fingerprint density at radius 3 is 2.20 bits per heavy atom. The van der Waals surface area contributed by atoms with Crippen molar-refractivity contribution >= 4 is 34.8 Å². The highest BCUT2D eigenvalue weighted by atomic mass is 35.5. The van der Waals surface area contributed by atoms with Gasteiger partial charge >= 0.3 is 5.97 Å². The van der Waals surface area contributed by atoms with E-state index in [1.807, 2.05) is 6.07 Å². The van der Waals surface area contributed by atoms with Crippen molar-refractivity contribution < 1.29 is 14.3 Å². The van der Waals surface area contributed by atoms with E-state index < -0.39 is 5.97 Å². The Morgan fingerprint density at radius 1 is 0.960 bits per heavy atom. The van der Waals surface area contributed by atoms with Crippen molar-refractivity contribution in [3.05, 3.63) is 70.7 Å². The molecule has 0 aliphatic carbocycles. The minimum absolute atomic E-state index is 0.0512. The van der Waals surface area contributed by atoms with Crippen LogP contribution in [0.1, 0.15) is 29.3 Å². The fourth-order valence-electron chi connectivity index (χ4n) is 2.03. The summed E-state index contributed by atoms with van der Waals surface area (Å²) in [5, 5.41) is 8.60. The summed E-state index contributed by atoms with van der Waals surface area (Å²) in [6, 6.07) is 15.7. The summed E-state index contributed by atoms with van der Waals surface area (Å²) >= 11 is 5.85. The molecular formula is C19H17ClN2O3. The van der Waals surface area contributed by atoms with Gasteiger partial charge in [0.1, 0.15) is 0 Å². The van der Waals surface area contributed by atoms with Gasteiger partial charge in [0.25, 0.3) is 0 Å². The van der Waals surface area contributed by atoms with Crippen LogP contribution in [0.3, 0.4) is 0 Å². The maximum atomic E-state index is 12.3. The van der Waals surface area contributed by atoms with Gasteiger partial charge in [-0.3, -0.25) is 4.79 Å². The molecule has 6 heteroatoms. The smallest absolute Gasteiger partial charge is 0.354 e. The maximum Gasteiger partial charge on any atom is 0.354 e. The number of hydrogen-bond acceptors (Lipinski definition) is 5. The summed E-state index contributed by atoms with van der Waals surface area (Å²) in [6.07, 6.45) is -0.186. The standard InChI is InChI=1S/C19H17ClN2O3/c1-13(14-8-10-16(20)11-9-14)21-22-17(19(24)25-2)12-18(23)15-6-4-3-5-7-15/h3-11H,12H2,1-2H3/b21-13+,22-17+. The number of methoxy groups -OCH3 is 1. The molecule has 0 fully saturated rings. The Bertz CT molecular complexity index is 812. The third-order valence-corrected chi connectivity index (χ3v) is 3.68. The monoisotopic (exact) mass is 356 g/mol. The zero-order valence-electron chi connectivity index (χ0n) is 13.9. The Labute approximate surface area is 151 Å². The third kappa shape index (κ3) is 5.36. The average Bonchev–Trinajstić information content (AvgIpc) is 2.65. The molecule has 128 valence electrons. The summed E-state index contributed by atoms with van der Waals surface area (Å²) in [4.78, 5) is 24.2. The molecule has 0 N–H and O–H groups in total. The van der Waals surface area contributed by atoms with E-state index in [0.717, 1.165) is 5.56 Å². The van der Waals surface area contributed by atoms with Crippen molar-refractivity contribution in [2.24, 2.45) is 10.2 Å². The first kappa shape index (κ1) is 18.5. The highest BCUT2D eigenvalue weighted by Crippen LogP contribution is 2.11. The van der Waals surface area contributed by atoms with Gasteiger partial charge in [0.15, 0.2) is 11.5 Å². The quantitative estimate of drug-likeness (QED) is 0.340. The van der Waals surface area contributed by atoms with Gasteiger partial charge in [-0.15, -0.1) is 5.10 Å². The van der Waals surface area contributed by atoms with Crippen LogP contribution in [0.25, 0.3) is 0 Å². The van der Waals surface area contributed by atoms with E-state index in [9.17, 15) is 9.59 Å². The molecule has 0 aliphatic rings. The lowest BCUT2D eigenvalue weighted by molar-refractivity contribution is -0.132. The van der Waals surface area contributed by atoms with Gasteiger partial charge in [-0.05, 0) is 24.6 Å². The van der Waals surface area contributed by atoms with Crippen molar-refractivity contribution in [1.29, 1.82) is 0 Å². The van der Waals surface area contributed by atoms with Crippen LogP contribution in [0.2, 0.25) is 5.02 Å². The van der Waals surface area contributed by atoms with Gasteiger partial charge in [0.2, 0.25) is 0 Å². The first-order valence-electron chi connectivity index (χ1n) is 7.55. The molecule has 0 heterocycles. The fraction of sp³-hybridized carbons (Fsp3) is 0.158. The van der Waals surface area contributed by atoms with E-state index in [1.165, 1.54) is 7.11 Å². The van der Waals surface area contributed by atoms with Crippen molar-refractivity contribution in [2.45, 2.75) is 13.3 Å². The van der Waals surface area contributed by atoms with Gasteiger partial charge in [-0.1, -0.05) is 54.1 Å². The summed E-state index contributed by atoms with van der Waals surface area (Å²) in [7, 11) is 1.24. The second kappa shape index (κ2) is 8.89. The Kier molecular flexibility index (Phi) is 6.60. The van der Waals surface area contributed by atoms with E-state index in [-0.39, 0.29) is 17.9 Å². The zero-order valence-corrected chi connectivity index (χ0v) is 14.7. The number of nitrogens with zero attached hydrogens (tertiary/aromatic N) is 2. The van der Waals surface area contributed by atoms with Crippen LogP contribution in [0.4, 0.5) is 0 Å². The molecule has 0 atom stereocenters. The van der Waals surface area contributed by atoms with Crippen LogP contribution >= 0.6 is 11.6 Å². The molecule has 0 unspecified atom stereocenters. The highest BCUT2D eigenvalue weighted by Gasteiger charge is 2.18. The van der Waals surface area contributed by atoms with Gasteiger partial charge in [0, 0.05) is 10.6 Å². The molecule has 0 bridgehead atoms. The lowest BCUT2D eigenvalue weighted by Gasteiger charge is -2.04. The second-order valence-corrected chi connectivity index (χ2v) is 5.63. The van der Waals surface area contributed by atoms with Crippen LogP contribution in [0, 0.1) is 0 Å². The van der Waals surface area contributed by atoms with E-state index in [2.05, 4.69) is 10.2 Å². The van der Waals surface area contributed by atoms with Gasteiger partial charge in [-0.2, -0.15) is 5.10 Å². The average molecular weight is 357 g/mol. The Morgan fingerprint density at radius 2 is 1.60 bits per heavy atom. The van der Waals surface area contributed by atoms with Crippen molar-refractivity contribution in [1.82, 2.24) is 0 Å². The van der Waals surface area contributed by atoms with Crippen molar-refractivity contribution in [2.75, 3.05) is 7.11 Å². The van der Waals surface area contributed by atoms with Crippen molar-refractivity contribution in [3.8, 4) is 0 Å². The van der Waals surface area contributed by atoms with E-state index in [0.29, 0.717) is 16.3 Å². The van der Waals surface area contributed by atoms with Crippen molar-refractivity contribution in [3.63, 3.8) is 0 Å². The van der Waals surface area contributed by atoms with Gasteiger partial charge in [-0.25, -0.2) is 4.79 Å². The molecule has 2 rings (SSSR count). The number of halogens is 1.